The Kier molecular flexibility index (Phi) is 42.6. The van der Waals surface area contributed by atoms with Gasteiger partial charge in [0.2, 0.25) is 11.3 Å². The van der Waals surface area contributed by atoms with E-state index < -0.39 is 52.5 Å². The van der Waals surface area contributed by atoms with Crippen LogP contribution in [0.1, 0.15) is 244 Å². The lowest BCUT2D eigenvalue weighted by Crippen LogP contribution is -2.39. The highest BCUT2D eigenvalue weighted by Crippen LogP contribution is 2.41. The van der Waals surface area contributed by atoms with Crippen molar-refractivity contribution in [3.8, 4) is 0 Å². The SMILES string of the molecule is CCCCCCCC(=O)CCCC[C@@H]1SCC2N=C(N)O[C@@H]21.NC1=N[C@H]2C(CS[C@H]2CCCCC(=O)CCCCC[C@H](N)C(=O)O)N1.O=C(O)CCCCCCC(=O)CCCC[C@@H]1SCC2NC(=O)O[C@@H]21.O=C(O)CCCC[C@@H]1SCC2OS(=O)O[C@@H]21.O=C(O)CCC[C@H]1C[C@H]2OS(=O)NC2CS1. The standard InChI is InChI=1S/C17H30N4O3S.C17H30N2O2S.C17H27NO5S.C9H15NO4S2.C9H14O5S2/c18-12(16(23)24)8-3-1-2-6-11(22)7-4-5-9-14-15-13(10-25-14)20-17(19)21-15;1-2-3-4-5-6-9-13(20)10-7-8-11-15-16-14(12-22-15)19-17(18)21-16;19-12(7-3-1-2-4-10-15(20)21)8-5-6-9-14-16-13(11-24-14)18-17(22)23-16;11-9(12)3-1-2-6-4-8-7(5-15-6)10-16(13)14-8;10-8(11)4-2-1-3-7-9-6(5-15-7)13-16(12)14-9/h12-15H,1-10,18H2,(H,23,24)(H3,19,20,21);14-16H,2-12H2,1H3,(H2,18,19);13-14,16H,1-11H2,(H,18,22)(H,20,21);6-8,10H,1-5H2,(H,11,12);6-7,9H,1-5H2,(H,10,11)/t12-,13?,14-,15-;14?,15-,16-;13?,14-,16-;6-,7?,8+,16?;6?,7-,9-,16?/m00000/s1. The quantitative estimate of drug-likeness (QED) is 0.0253. The van der Waals surface area contributed by atoms with Gasteiger partial charge in [0.1, 0.15) is 53.8 Å². The predicted molar refractivity (Wildman–Crippen MR) is 409 cm³/mol. The van der Waals surface area contributed by atoms with E-state index in [1.54, 1.807) is 11.8 Å². The van der Waals surface area contributed by atoms with Crippen LogP contribution in [0.2, 0.25) is 0 Å². The summed E-state index contributed by atoms with van der Waals surface area (Å²) in [5.41, 5.74) is 16.8. The number of aliphatic imine (C=N–C) groups is 2. The number of aliphatic carboxylic acids is 4. The Labute approximate surface area is 634 Å². The van der Waals surface area contributed by atoms with Crippen LogP contribution in [0.3, 0.4) is 0 Å². The molecule has 1 amide bonds. The minimum absolute atomic E-state index is 0.00371. The monoisotopic (exact) mass is 1580 g/mol. The van der Waals surface area contributed by atoms with Gasteiger partial charge in [0.25, 0.3) is 6.02 Å². The summed E-state index contributed by atoms with van der Waals surface area (Å²) >= 11 is 6.44. The van der Waals surface area contributed by atoms with E-state index in [1.807, 2.05) is 47.0 Å². The van der Waals surface area contributed by atoms with Gasteiger partial charge >= 0.3 is 41.3 Å². The molecule has 18 atom stereocenters. The van der Waals surface area contributed by atoms with E-state index in [4.69, 9.17) is 59.7 Å². The van der Waals surface area contributed by atoms with Gasteiger partial charge in [-0.2, -0.15) is 63.0 Å². The lowest BCUT2D eigenvalue weighted by Gasteiger charge is -2.28. The maximum absolute atomic E-state index is 11.9. The van der Waals surface area contributed by atoms with Crippen LogP contribution in [0.4, 0.5) is 4.79 Å². The van der Waals surface area contributed by atoms with E-state index in [2.05, 4.69) is 32.3 Å². The van der Waals surface area contributed by atoms with E-state index in [-0.39, 0.29) is 74.0 Å². The molecule has 0 spiro atoms. The Hall–Kier alpha value is -3.45. The molecule has 10 rings (SSSR count). The summed E-state index contributed by atoms with van der Waals surface area (Å²) in [4.78, 5) is 97.2. The molecular weight excluding hydrogens is 1470 g/mol. The Bertz CT molecular complexity index is 2760. The van der Waals surface area contributed by atoms with Crippen LogP contribution in [-0.4, -0.2) is 210 Å². The van der Waals surface area contributed by atoms with Crippen molar-refractivity contribution in [1.29, 1.82) is 0 Å². The molecule has 103 heavy (non-hydrogen) atoms. The highest BCUT2D eigenvalue weighted by atomic mass is 32.2. The van der Waals surface area contributed by atoms with Crippen molar-refractivity contribution in [2.24, 2.45) is 27.2 Å². The summed E-state index contributed by atoms with van der Waals surface area (Å²) in [6, 6.07) is 0.900. The first-order chi connectivity index (χ1) is 49.5. The first-order valence-electron chi connectivity index (χ1n) is 37.5. The van der Waals surface area contributed by atoms with Gasteiger partial charge in [-0.15, -0.1) is 0 Å². The number of ketones is 3. The number of unbranched alkanes of at least 4 members (excludes halogenated alkanes) is 13. The van der Waals surface area contributed by atoms with Crippen molar-refractivity contribution in [2.45, 2.75) is 338 Å². The molecule has 0 radical (unpaired) electrons. The number of carboxylic acid groups (broad SMARTS) is 4. The average molecular weight is 1590 g/mol. The largest absolute Gasteiger partial charge is 0.481 e. The fraction of sp³-hybridized carbons (Fsp3) is 0.855. The molecular formula is C69H116N8O19S7. The first kappa shape index (κ1) is 88.5. The van der Waals surface area contributed by atoms with E-state index in [0.29, 0.717) is 119 Å². The van der Waals surface area contributed by atoms with Crippen molar-refractivity contribution in [3.05, 3.63) is 0 Å². The number of alkyl carbamates (subject to hydrolysis) is 1. The number of carbonyl (C=O) groups excluding carboxylic acids is 4. The fourth-order valence-corrected chi connectivity index (χ4v) is 23.3. The second-order valence-electron chi connectivity index (χ2n) is 28.0. The van der Waals surface area contributed by atoms with E-state index in [9.17, 15) is 46.8 Å². The number of carbonyl (C=O) groups is 8. The van der Waals surface area contributed by atoms with Crippen LogP contribution < -0.4 is 32.6 Å². The summed E-state index contributed by atoms with van der Waals surface area (Å²) in [5.74, 6) is 3.15. The van der Waals surface area contributed by atoms with Gasteiger partial charge in [0.05, 0.1) is 30.3 Å². The van der Waals surface area contributed by atoms with Gasteiger partial charge < -0.3 is 57.7 Å². The number of hydrogen-bond acceptors (Lipinski definition) is 26. The average Bonchev–Trinajstić information content (AvgIpc) is 1.70. The molecule has 0 aromatic carbocycles. The Morgan fingerprint density at radius 2 is 0.981 bits per heavy atom. The molecule has 34 heteroatoms. The number of rotatable bonds is 44. The van der Waals surface area contributed by atoms with Gasteiger partial charge in [0.15, 0.2) is 5.96 Å². The molecule has 10 aliphatic heterocycles. The Balaban J connectivity index is 0.000000204. The number of nitrogens with one attached hydrogen (secondary N) is 3. The molecule has 10 heterocycles. The highest BCUT2D eigenvalue weighted by Gasteiger charge is 2.47. The minimum atomic E-state index is -1.57. The van der Waals surface area contributed by atoms with Crippen LogP contribution in [0.15, 0.2) is 9.98 Å². The molecule has 27 nitrogen and oxygen atoms in total. The number of guanidine groups is 1. The van der Waals surface area contributed by atoms with E-state index >= 15 is 0 Å². The third-order valence-corrected chi connectivity index (χ3v) is 28.6. The topological polar surface area (TPSA) is 437 Å². The van der Waals surface area contributed by atoms with Gasteiger partial charge in [-0.1, -0.05) is 84.0 Å². The molecule has 0 saturated carbocycles. The highest BCUT2D eigenvalue weighted by molar-refractivity contribution is 8.01. The Morgan fingerprint density at radius 3 is 1.57 bits per heavy atom. The van der Waals surface area contributed by atoms with Gasteiger partial charge in [0, 0.05) is 113 Å². The molecule has 0 aromatic rings. The molecule has 7 unspecified atom stereocenters. The lowest BCUT2D eigenvalue weighted by molar-refractivity contribution is -0.139. The smallest absolute Gasteiger partial charge is 0.407 e. The van der Waals surface area contributed by atoms with Crippen molar-refractivity contribution >= 4 is 141 Å². The van der Waals surface area contributed by atoms with Gasteiger partial charge in [-0.25, -0.2) is 23.7 Å². The number of thioether (sulfide) groups is 5. The number of amidine groups is 1. The third-order valence-electron chi connectivity index (χ3n) is 19.6. The zero-order valence-electron chi connectivity index (χ0n) is 59.8. The number of amides is 1. The van der Waals surface area contributed by atoms with Crippen molar-refractivity contribution in [3.63, 3.8) is 0 Å². The number of nitrogens with zero attached hydrogens (tertiary/aromatic N) is 2. The zero-order valence-corrected chi connectivity index (χ0v) is 65.5. The van der Waals surface area contributed by atoms with Crippen molar-refractivity contribution < 1.29 is 89.2 Å². The van der Waals surface area contributed by atoms with Crippen LogP contribution in [0.5, 0.6) is 0 Å². The predicted octanol–water partition coefficient (Wildman–Crippen LogP) is 9.85. The third kappa shape index (κ3) is 34.3. The van der Waals surface area contributed by atoms with Gasteiger partial charge in [-0.05, 0) is 103 Å². The summed E-state index contributed by atoms with van der Waals surface area (Å²) in [7, 11) is 0. The van der Waals surface area contributed by atoms with Crippen LogP contribution in [-0.2, 0) is 78.2 Å². The normalized spacial score (nSPS) is 29.6. The summed E-state index contributed by atoms with van der Waals surface area (Å²) in [6.45, 7) is 2.22. The lowest BCUT2D eigenvalue weighted by atomic mass is 10.0. The molecule has 0 aliphatic carbocycles. The maximum atomic E-state index is 11.9. The van der Waals surface area contributed by atoms with Crippen LogP contribution >= 0.6 is 58.8 Å². The van der Waals surface area contributed by atoms with E-state index in [1.165, 1.54) is 25.7 Å². The number of hydrogen-bond donors (Lipinski definition) is 10. The second-order valence-corrected chi connectivity index (χ2v) is 36.1. The van der Waals surface area contributed by atoms with Crippen LogP contribution in [0, 0.1) is 0 Å². The fourth-order valence-electron chi connectivity index (χ4n) is 13.8. The number of fused-ring (bicyclic) bond motifs is 5. The molecule has 8 fully saturated rings. The summed E-state index contributed by atoms with van der Waals surface area (Å²) < 4.78 is 51.4. The number of ether oxygens (including phenoxy) is 2. The van der Waals surface area contributed by atoms with Crippen LogP contribution in [0.25, 0.3) is 0 Å². The maximum Gasteiger partial charge on any atom is 0.407 e. The molecule has 13 N–H and O–H groups in total. The van der Waals surface area contributed by atoms with Crippen molar-refractivity contribution in [1.82, 2.24) is 15.4 Å². The molecule has 0 bridgehead atoms. The molecule has 10 aliphatic rings. The summed E-state index contributed by atoms with van der Waals surface area (Å²) in [5, 5.41) is 42.4. The van der Waals surface area contributed by atoms with Crippen molar-refractivity contribution in [2.75, 3.05) is 28.8 Å². The van der Waals surface area contributed by atoms with E-state index in [0.717, 1.165) is 170 Å². The number of Topliss-reactive ketones (excluding diaryl/α,β-unsaturated/α-hetero) is 3. The molecule has 8 saturated heterocycles. The second kappa shape index (κ2) is 49.6. The minimum Gasteiger partial charge on any atom is -0.481 e. The van der Waals surface area contributed by atoms with Gasteiger partial charge in [-0.3, -0.25) is 46.1 Å². The molecule has 588 valence electrons. The Morgan fingerprint density at radius 1 is 0.495 bits per heavy atom. The number of carboxylic acids is 4. The molecule has 0 aromatic heterocycles. The number of nitrogens with two attached hydrogens (primary N) is 3. The summed E-state index contributed by atoms with van der Waals surface area (Å²) in [6.07, 6.45) is 31.0. The first-order valence-corrected chi connectivity index (χ1v) is 44.8. The zero-order chi connectivity index (χ0) is 74.5.